The van der Waals surface area contributed by atoms with Gasteiger partial charge < -0.3 is 0 Å². The molecular weight excluding hydrogens is 281 g/mol. The van der Waals surface area contributed by atoms with E-state index in [2.05, 4.69) is 15.9 Å². The Morgan fingerprint density at radius 1 is 1.31 bits per heavy atom. The Labute approximate surface area is 101 Å². The minimum absolute atomic E-state index is 0.600. The molecule has 0 unspecified atom stereocenters. The molecule has 0 aliphatic rings. The van der Waals surface area contributed by atoms with Crippen molar-refractivity contribution in [2.24, 2.45) is 0 Å². The molecule has 0 amide bonds. The summed E-state index contributed by atoms with van der Waals surface area (Å²) >= 11 is 3.26. The third-order valence-corrected chi connectivity index (χ3v) is 2.64. The molecule has 0 aliphatic carbocycles. The molecule has 0 saturated heterocycles. The average Bonchev–Trinajstić information content (AvgIpc) is 2.19. The molecule has 0 aromatic heterocycles. The summed E-state index contributed by atoms with van der Waals surface area (Å²) < 4.78 is 37.4. The van der Waals surface area contributed by atoms with E-state index in [0.29, 0.717) is 5.56 Å². The molecule has 0 heterocycles. The van der Waals surface area contributed by atoms with Crippen LogP contribution in [-0.4, -0.2) is 5.33 Å². The van der Waals surface area contributed by atoms with Crippen LogP contribution < -0.4 is 0 Å². The van der Waals surface area contributed by atoms with Crippen LogP contribution in [0.15, 0.2) is 24.3 Å². The summed E-state index contributed by atoms with van der Waals surface area (Å²) in [5, 5.41) is 0.807. The lowest BCUT2D eigenvalue weighted by molar-refractivity contribution is -0.137. The van der Waals surface area contributed by atoms with Gasteiger partial charge in [0.25, 0.3) is 0 Å². The van der Waals surface area contributed by atoms with Gasteiger partial charge in [-0.2, -0.15) is 13.2 Å². The Balaban J connectivity index is 3.00. The molecule has 0 aliphatic heterocycles. The third kappa shape index (κ3) is 3.67. The summed E-state index contributed by atoms with van der Waals surface area (Å²) in [4.78, 5) is 0. The van der Waals surface area contributed by atoms with E-state index in [9.17, 15) is 13.2 Å². The van der Waals surface area contributed by atoms with Crippen LogP contribution in [0, 0.1) is 6.92 Å². The average molecular weight is 293 g/mol. The molecule has 0 bridgehead atoms. The maximum Gasteiger partial charge on any atom is 0.416 e. The van der Waals surface area contributed by atoms with Gasteiger partial charge in [0.05, 0.1) is 5.56 Å². The number of hydrogen-bond donors (Lipinski definition) is 0. The van der Waals surface area contributed by atoms with E-state index in [0.717, 1.165) is 23.4 Å². The van der Waals surface area contributed by atoms with Gasteiger partial charge in [-0.25, -0.2) is 0 Å². The van der Waals surface area contributed by atoms with Crippen LogP contribution >= 0.6 is 15.9 Å². The van der Waals surface area contributed by atoms with Crippen molar-refractivity contribution in [3.05, 3.63) is 41.0 Å². The number of hydrogen-bond acceptors (Lipinski definition) is 0. The third-order valence-electron chi connectivity index (χ3n) is 2.18. The van der Waals surface area contributed by atoms with E-state index in [-0.39, 0.29) is 0 Å². The van der Waals surface area contributed by atoms with Gasteiger partial charge in [-0.1, -0.05) is 34.1 Å². The number of benzene rings is 1. The standard InChI is InChI=1S/C12H12BrF3/c1-9-5-6-11(12(14,15)16)8-10(9)4-2-3-7-13/h2,4-6,8H,3,7H2,1H3. The molecular formula is C12H12BrF3. The first-order valence-electron chi connectivity index (χ1n) is 4.85. The molecule has 88 valence electrons. The second-order valence-corrected chi connectivity index (χ2v) is 4.24. The van der Waals surface area contributed by atoms with Crippen molar-refractivity contribution in [2.75, 3.05) is 5.33 Å². The maximum absolute atomic E-state index is 12.5. The summed E-state index contributed by atoms with van der Waals surface area (Å²) in [5.41, 5.74) is 0.867. The number of alkyl halides is 4. The minimum atomic E-state index is -4.27. The van der Waals surface area contributed by atoms with Crippen LogP contribution in [0.25, 0.3) is 6.08 Å². The van der Waals surface area contributed by atoms with Crippen LogP contribution in [0.3, 0.4) is 0 Å². The van der Waals surface area contributed by atoms with Crippen molar-refractivity contribution in [2.45, 2.75) is 19.5 Å². The summed E-state index contributed by atoms with van der Waals surface area (Å²) in [7, 11) is 0. The Kier molecular flexibility index (Phi) is 4.59. The Morgan fingerprint density at radius 2 is 2.00 bits per heavy atom. The topological polar surface area (TPSA) is 0 Å². The fraction of sp³-hybridized carbons (Fsp3) is 0.333. The normalized spacial score (nSPS) is 12.3. The van der Waals surface area contributed by atoms with Crippen molar-refractivity contribution in [3.63, 3.8) is 0 Å². The lowest BCUT2D eigenvalue weighted by atomic mass is 10.0. The predicted molar refractivity (Wildman–Crippen MR) is 63.6 cm³/mol. The molecule has 0 saturated carbocycles. The van der Waals surface area contributed by atoms with E-state index in [1.165, 1.54) is 12.1 Å². The van der Waals surface area contributed by atoms with Gasteiger partial charge in [0, 0.05) is 5.33 Å². The molecule has 1 aromatic carbocycles. The highest BCUT2D eigenvalue weighted by Crippen LogP contribution is 2.30. The van der Waals surface area contributed by atoms with E-state index in [4.69, 9.17) is 0 Å². The Bertz CT molecular complexity index is 380. The van der Waals surface area contributed by atoms with Crippen LogP contribution in [0.1, 0.15) is 23.1 Å². The maximum atomic E-state index is 12.5. The molecule has 1 aromatic rings. The van der Waals surface area contributed by atoms with Crippen LogP contribution in [0.2, 0.25) is 0 Å². The highest BCUT2D eigenvalue weighted by molar-refractivity contribution is 9.09. The van der Waals surface area contributed by atoms with Crippen LogP contribution in [-0.2, 0) is 6.18 Å². The molecule has 0 N–H and O–H groups in total. The lowest BCUT2D eigenvalue weighted by Crippen LogP contribution is -2.05. The number of halogens is 4. The quantitative estimate of drug-likeness (QED) is 0.701. The first-order valence-corrected chi connectivity index (χ1v) is 5.97. The zero-order valence-electron chi connectivity index (χ0n) is 8.81. The molecule has 0 spiro atoms. The van der Waals surface area contributed by atoms with Crippen LogP contribution in [0.5, 0.6) is 0 Å². The molecule has 4 heteroatoms. The van der Waals surface area contributed by atoms with Crippen molar-refractivity contribution in [3.8, 4) is 0 Å². The number of aryl methyl sites for hydroxylation is 1. The van der Waals surface area contributed by atoms with Crippen LogP contribution in [0.4, 0.5) is 13.2 Å². The monoisotopic (exact) mass is 292 g/mol. The smallest absolute Gasteiger partial charge is 0.166 e. The van der Waals surface area contributed by atoms with Gasteiger partial charge >= 0.3 is 6.18 Å². The molecule has 0 fully saturated rings. The van der Waals surface area contributed by atoms with E-state index >= 15 is 0 Å². The van der Waals surface area contributed by atoms with Gasteiger partial charge in [0.15, 0.2) is 0 Å². The summed E-state index contributed by atoms with van der Waals surface area (Å²) in [6.07, 6.45) is 0.116. The molecule has 1 rings (SSSR count). The molecule has 16 heavy (non-hydrogen) atoms. The zero-order chi connectivity index (χ0) is 12.2. The number of allylic oxidation sites excluding steroid dienone is 1. The Morgan fingerprint density at radius 3 is 2.56 bits per heavy atom. The van der Waals surface area contributed by atoms with E-state index in [1.54, 1.807) is 13.0 Å². The first-order chi connectivity index (χ1) is 7.45. The largest absolute Gasteiger partial charge is 0.416 e. The zero-order valence-corrected chi connectivity index (χ0v) is 10.4. The van der Waals surface area contributed by atoms with Crippen molar-refractivity contribution < 1.29 is 13.2 Å². The van der Waals surface area contributed by atoms with Crippen molar-refractivity contribution in [1.82, 2.24) is 0 Å². The van der Waals surface area contributed by atoms with Gasteiger partial charge in [0.1, 0.15) is 0 Å². The van der Waals surface area contributed by atoms with Gasteiger partial charge in [-0.3, -0.25) is 0 Å². The molecule has 0 atom stereocenters. The van der Waals surface area contributed by atoms with Gasteiger partial charge in [0.2, 0.25) is 0 Å². The molecule has 0 nitrogen and oxygen atoms in total. The van der Waals surface area contributed by atoms with E-state index < -0.39 is 11.7 Å². The minimum Gasteiger partial charge on any atom is -0.166 e. The first kappa shape index (κ1) is 13.3. The lowest BCUT2D eigenvalue weighted by Gasteiger charge is -2.09. The highest BCUT2D eigenvalue weighted by atomic mass is 79.9. The summed E-state index contributed by atoms with van der Waals surface area (Å²) in [6.45, 7) is 1.80. The second kappa shape index (κ2) is 5.53. The fourth-order valence-electron chi connectivity index (χ4n) is 1.27. The number of rotatable bonds is 3. The second-order valence-electron chi connectivity index (χ2n) is 3.45. The summed E-state index contributed by atoms with van der Waals surface area (Å²) in [6, 6.07) is 3.79. The van der Waals surface area contributed by atoms with Gasteiger partial charge in [-0.05, 0) is 36.6 Å². The summed E-state index contributed by atoms with van der Waals surface area (Å²) in [5.74, 6) is 0. The molecule has 0 radical (unpaired) electrons. The predicted octanol–water partition coefficient (Wildman–Crippen LogP) is 4.81. The Hall–Kier alpha value is -0.770. The van der Waals surface area contributed by atoms with E-state index in [1.807, 2.05) is 6.08 Å². The highest BCUT2D eigenvalue weighted by Gasteiger charge is 2.30. The fourth-order valence-corrected chi connectivity index (χ4v) is 1.53. The van der Waals surface area contributed by atoms with Crippen molar-refractivity contribution in [1.29, 1.82) is 0 Å². The SMILES string of the molecule is Cc1ccc(C(F)(F)F)cc1C=CCCBr. The van der Waals surface area contributed by atoms with Gasteiger partial charge in [-0.15, -0.1) is 0 Å². The van der Waals surface area contributed by atoms with Crippen molar-refractivity contribution >= 4 is 22.0 Å².